The first-order valence-corrected chi connectivity index (χ1v) is 6.87. The first kappa shape index (κ1) is 13.8. The summed E-state index contributed by atoms with van der Waals surface area (Å²) in [6, 6.07) is 6.98. The van der Waals surface area contributed by atoms with Crippen molar-refractivity contribution < 1.29 is 0 Å². The third-order valence-electron chi connectivity index (χ3n) is 3.54. The van der Waals surface area contributed by atoms with Crippen molar-refractivity contribution in [1.82, 2.24) is 14.9 Å². The van der Waals surface area contributed by atoms with Crippen LogP contribution in [0.15, 0.2) is 30.7 Å². The lowest BCUT2D eigenvalue weighted by atomic mass is 9.99. The molecule has 0 aliphatic carbocycles. The van der Waals surface area contributed by atoms with Gasteiger partial charge >= 0.3 is 0 Å². The maximum atomic E-state index is 4.47. The molecule has 1 N–H and O–H groups in total. The normalized spacial score (nSPS) is 12.6. The number of nitrogens with one attached hydrogen (secondary N) is 1. The summed E-state index contributed by atoms with van der Waals surface area (Å²) >= 11 is 0. The van der Waals surface area contributed by atoms with E-state index in [9.17, 15) is 0 Å². The second kappa shape index (κ2) is 6.02. The standard InChI is InChI=1S/C16H23N3/c1-5-17-15(16-10-19(4)11-18-16)9-14-7-6-12(2)13(3)8-14/h6-8,10-11,15,17H,5,9H2,1-4H3. The number of aryl methyl sites for hydroxylation is 3. The van der Waals surface area contributed by atoms with Gasteiger partial charge in [-0.1, -0.05) is 25.1 Å². The number of likely N-dealkylation sites (N-methyl/N-ethyl adjacent to an activating group) is 1. The minimum absolute atomic E-state index is 0.285. The molecule has 0 fully saturated rings. The smallest absolute Gasteiger partial charge is 0.0947 e. The first-order valence-electron chi connectivity index (χ1n) is 6.87. The Hall–Kier alpha value is -1.61. The van der Waals surface area contributed by atoms with Gasteiger partial charge in [0.25, 0.3) is 0 Å². The van der Waals surface area contributed by atoms with E-state index in [4.69, 9.17) is 0 Å². The Morgan fingerprint density at radius 3 is 2.63 bits per heavy atom. The topological polar surface area (TPSA) is 29.9 Å². The second-order valence-electron chi connectivity index (χ2n) is 5.20. The van der Waals surface area contributed by atoms with Gasteiger partial charge in [-0.3, -0.25) is 0 Å². The largest absolute Gasteiger partial charge is 0.340 e. The third kappa shape index (κ3) is 3.44. The maximum Gasteiger partial charge on any atom is 0.0947 e. The molecule has 0 amide bonds. The van der Waals surface area contributed by atoms with Crippen molar-refractivity contribution in [2.24, 2.45) is 7.05 Å². The van der Waals surface area contributed by atoms with E-state index in [0.29, 0.717) is 0 Å². The van der Waals surface area contributed by atoms with Gasteiger partial charge in [0, 0.05) is 13.2 Å². The highest BCUT2D eigenvalue weighted by atomic mass is 15.0. The predicted octanol–water partition coefficient (Wildman–Crippen LogP) is 2.93. The summed E-state index contributed by atoms with van der Waals surface area (Å²) in [5, 5.41) is 3.52. The van der Waals surface area contributed by atoms with Gasteiger partial charge in [0.1, 0.15) is 0 Å². The van der Waals surface area contributed by atoms with E-state index in [1.807, 2.05) is 17.9 Å². The van der Waals surface area contributed by atoms with E-state index >= 15 is 0 Å². The van der Waals surface area contributed by atoms with Gasteiger partial charge in [-0.2, -0.15) is 0 Å². The van der Waals surface area contributed by atoms with Crippen molar-refractivity contribution in [2.45, 2.75) is 33.2 Å². The molecule has 2 aromatic rings. The fourth-order valence-electron chi connectivity index (χ4n) is 2.31. The molecular weight excluding hydrogens is 234 g/mol. The van der Waals surface area contributed by atoms with E-state index in [2.05, 4.69) is 55.5 Å². The maximum absolute atomic E-state index is 4.47. The van der Waals surface area contributed by atoms with Crippen molar-refractivity contribution in [2.75, 3.05) is 6.54 Å². The number of aromatic nitrogens is 2. The minimum atomic E-state index is 0.285. The van der Waals surface area contributed by atoms with E-state index in [0.717, 1.165) is 18.7 Å². The molecular formula is C16H23N3. The molecule has 0 aliphatic heterocycles. The molecule has 1 atom stereocenters. The zero-order chi connectivity index (χ0) is 13.8. The van der Waals surface area contributed by atoms with Crippen LogP contribution in [0.1, 0.15) is 35.3 Å². The summed E-state index contributed by atoms with van der Waals surface area (Å²) in [5.41, 5.74) is 5.18. The Labute approximate surface area is 115 Å². The fourth-order valence-corrected chi connectivity index (χ4v) is 2.31. The third-order valence-corrected chi connectivity index (χ3v) is 3.54. The average molecular weight is 257 g/mol. The van der Waals surface area contributed by atoms with E-state index in [1.54, 1.807) is 0 Å². The molecule has 1 unspecified atom stereocenters. The van der Waals surface area contributed by atoms with Gasteiger partial charge in [0.2, 0.25) is 0 Å². The lowest BCUT2D eigenvalue weighted by molar-refractivity contribution is 0.538. The Morgan fingerprint density at radius 1 is 1.26 bits per heavy atom. The SMILES string of the molecule is CCNC(Cc1ccc(C)c(C)c1)c1cn(C)cn1. The molecule has 0 saturated heterocycles. The van der Waals surface area contributed by atoms with Crippen LogP contribution >= 0.6 is 0 Å². The lowest BCUT2D eigenvalue weighted by Gasteiger charge is -2.16. The lowest BCUT2D eigenvalue weighted by Crippen LogP contribution is -2.23. The van der Waals surface area contributed by atoms with Crippen LogP contribution in [0.25, 0.3) is 0 Å². The van der Waals surface area contributed by atoms with Crippen LogP contribution in [0, 0.1) is 13.8 Å². The van der Waals surface area contributed by atoms with Crippen LogP contribution in [-0.4, -0.2) is 16.1 Å². The highest BCUT2D eigenvalue weighted by molar-refractivity contribution is 5.31. The molecule has 1 aromatic heterocycles. The fraction of sp³-hybridized carbons (Fsp3) is 0.438. The molecule has 3 nitrogen and oxygen atoms in total. The summed E-state index contributed by atoms with van der Waals surface area (Å²) < 4.78 is 2.00. The van der Waals surface area contributed by atoms with Crippen LogP contribution in [0.4, 0.5) is 0 Å². The summed E-state index contributed by atoms with van der Waals surface area (Å²) in [5.74, 6) is 0. The zero-order valence-electron chi connectivity index (χ0n) is 12.3. The van der Waals surface area contributed by atoms with E-state index in [1.165, 1.54) is 16.7 Å². The van der Waals surface area contributed by atoms with Gasteiger partial charge in [-0.05, 0) is 43.5 Å². The summed E-state index contributed by atoms with van der Waals surface area (Å²) in [6.45, 7) is 7.41. The minimum Gasteiger partial charge on any atom is -0.340 e. The van der Waals surface area contributed by atoms with Crippen molar-refractivity contribution in [3.05, 3.63) is 53.1 Å². The number of hydrogen-bond acceptors (Lipinski definition) is 2. The molecule has 3 heteroatoms. The molecule has 2 rings (SSSR count). The number of imidazole rings is 1. The van der Waals surface area contributed by atoms with Gasteiger partial charge in [-0.25, -0.2) is 4.98 Å². The van der Waals surface area contributed by atoms with E-state index < -0.39 is 0 Å². The number of benzene rings is 1. The average Bonchev–Trinajstić information content (AvgIpc) is 2.80. The van der Waals surface area contributed by atoms with Crippen LogP contribution in [0.2, 0.25) is 0 Å². The summed E-state index contributed by atoms with van der Waals surface area (Å²) in [6.07, 6.45) is 4.93. The van der Waals surface area contributed by atoms with Crippen LogP contribution in [0.5, 0.6) is 0 Å². The Bertz CT molecular complexity index is 543. The second-order valence-corrected chi connectivity index (χ2v) is 5.20. The highest BCUT2D eigenvalue weighted by Gasteiger charge is 2.13. The quantitative estimate of drug-likeness (QED) is 0.892. The molecule has 19 heavy (non-hydrogen) atoms. The van der Waals surface area contributed by atoms with Gasteiger partial charge in [0.05, 0.1) is 18.1 Å². The van der Waals surface area contributed by atoms with Gasteiger partial charge in [0.15, 0.2) is 0 Å². The van der Waals surface area contributed by atoms with Gasteiger partial charge < -0.3 is 9.88 Å². The number of nitrogens with zero attached hydrogens (tertiary/aromatic N) is 2. The summed E-state index contributed by atoms with van der Waals surface area (Å²) in [7, 11) is 2.01. The molecule has 0 saturated carbocycles. The Morgan fingerprint density at radius 2 is 2.05 bits per heavy atom. The number of hydrogen-bond donors (Lipinski definition) is 1. The Balaban J connectivity index is 2.18. The van der Waals surface area contributed by atoms with Crippen LogP contribution < -0.4 is 5.32 Å². The highest BCUT2D eigenvalue weighted by Crippen LogP contribution is 2.18. The van der Waals surface area contributed by atoms with Crippen molar-refractivity contribution >= 4 is 0 Å². The van der Waals surface area contributed by atoms with Crippen molar-refractivity contribution in [3.63, 3.8) is 0 Å². The van der Waals surface area contributed by atoms with Gasteiger partial charge in [-0.15, -0.1) is 0 Å². The van der Waals surface area contributed by atoms with E-state index in [-0.39, 0.29) is 6.04 Å². The molecule has 0 aliphatic rings. The van der Waals surface area contributed by atoms with Crippen LogP contribution in [-0.2, 0) is 13.5 Å². The molecule has 102 valence electrons. The molecule has 1 aromatic carbocycles. The van der Waals surface area contributed by atoms with Crippen LogP contribution in [0.3, 0.4) is 0 Å². The monoisotopic (exact) mass is 257 g/mol. The summed E-state index contributed by atoms with van der Waals surface area (Å²) in [4.78, 5) is 4.47. The molecule has 0 bridgehead atoms. The molecule has 0 spiro atoms. The Kier molecular flexibility index (Phi) is 4.38. The molecule has 0 radical (unpaired) electrons. The first-order chi connectivity index (χ1) is 9.10. The predicted molar refractivity (Wildman–Crippen MR) is 79.2 cm³/mol. The number of rotatable bonds is 5. The van der Waals surface area contributed by atoms with Crippen molar-refractivity contribution in [1.29, 1.82) is 0 Å². The molecule has 1 heterocycles. The van der Waals surface area contributed by atoms with Crippen molar-refractivity contribution in [3.8, 4) is 0 Å². The zero-order valence-corrected chi connectivity index (χ0v) is 12.3.